The van der Waals surface area contributed by atoms with Crippen LogP contribution in [0.25, 0.3) is 0 Å². The molecule has 0 amide bonds. The third kappa shape index (κ3) is 7.91. The number of hydrogen-bond donors (Lipinski definition) is 1. The number of carboxylic acid groups (broad SMARTS) is 1. The van der Waals surface area contributed by atoms with Crippen LogP contribution in [-0.4, -0.2) is 29.1 Å². The van der Waals surface area contributed by atoms with Gasteiger partial charge in [-0.05, 0) is 73.2 Å². The van der Waals surface area contributed by atoms with Crippen LogP contribution in [0, 0.1) is 11.8 Å². The van der Waals surface area contributed by atoms with Gasteiger partial charge in [0, 0.05) is 6.54 Å². The van der Waals surface area contributed by atoms with E-state index in [0.29, 0.717) is 12.5 Å². The van der Waals surface area contributed by atoms with Gasteiger partial charge in [0.05, 0.1) is 12.3 Å². The summed E-state index contributed by atoms with van der Waals surface area (Å²) < 4.78 is 5.95. The van der Waals surface area contributed by atoms with Gasteiger partial charge in [0.2, 0.25) is 0 Å². The van der Waals surface area contributed by atoms with E-state index in [2.05, 4.69) is 71.3 Å². The fourth-order valence-electron chi connectivity index (χ4n) is 4.71. The van der Waals surface area contributed by atoms with Gasteiger partial charge in [-0.1, -0.05) is 72.7 Å². The van der Waals surface area contributed by atoms with E-state index in [0.717, 1.165) is 36.5 Å². The summed E-state index contributed by atoms with van der Waals surface area (Å²) in [4.78, 5) is 13.6. The fraction of sp³-hybridized carbons (Fsp3) is 0.323. The maximum absolute atomic E-state index is 11.1. The molecule has 0 radical (unpaired) electrons. The highest BCUT2D eigenvalue weighted by Crippen LogP contribution is 2.28. The van der Waals surface area contributed by atoms with Crippen LogP contribution >= 0.6 is 13.5 Å². The molecule has 0 aromatic heterocycles. The summed E-state index contributed by atoms with van der Waals surface area (Å²) in [7, 11) is 0. The van der Waals surface area contributed by atoms with Gasteiger partial charge < -0.3 is 9.84 Å². The molecule has 1 atom stereocenters. The lowest BCUT2D eigenvalue weighted by Gasteiger charge is -2.32. The summed E-state index contributed by atoms with van der Waals surface area (Å²) in [5.41, 5.74) is 4.83. The monoisotopic (exact) mass is 501 g/mol. The topological polar surface area (TPSA) is 49.8 Å². The molecule has 0 unspecified atom stereocenters. The molecule has 1 N–H and O–H groups in total. The second-order valence-electron chi connectivity index (χ2n) is 9.18. The number of rotatable bonds is 9. The van der Waals surface area contributed by atoms with Crippen LogP contribution in [0.15, 0.2) is 78.9 Å². The van der Waals surface area contributed by atoms with Gasteiger partial charge in [0.25, 0.3) is 0 Å². The molecular formula is C31H35NO3S. The average Bonchev–Trinajstić information content (AvgIpc) is 2.89. The standard InChI is InChI=1S/C31H33NO3.H2S/c1-2-6-29(21-31(33)34)27-13-15-30(16-14-27)35-23-25-11-9-24(10-12-25)22-32-19-17-28(18-20-32)26-7-4-3-5-8-26;/h3-5,7-16,28-29H,17-23H2,1H3,(H,33,34);1H2/t29-;/m0./s1. The largest absolute Gasteiger partial charge is 0.489 e. The van der Waals surface area contributed by atoms with Crippen molar-refractivity contribution in [2.75, 3.05) is 13.1 Å². The second kappa shape index (κ2) is 13.8. The smallest absolute Gasteiger partial charge is 0.304 e. The van der Waals surface area contributed by atoms with Gasteiger partial charge in [-0.2, -0.15) is 13.5 Å². The van der Waals surface area contributed by atoms with E-state index in [-0.39, 0.29) is 25.8 Å². The quantitative estimate of drug-likeness (QED) is 0.348. The predicted octanol–water partition coefficient (Wildman–Crippen LogP) is 6.34. The van der Waals surface area contributed by atoms with E-state index in [4.69, 9.17) is 9.84 Å². The zero-order chi connectivity index (χ0) is 24.5. The maximum Gasteiger partial charge on any atom is 0.304 e. The van der Waals surface area contributed by atoms with Crippen molar-refractivity contribution in [1.82, 2.24) is 4.90 Å². The number of carbonyl (C=O) groups is 1. The Balaban J connectivity index is 0.00000361. The van der Waals surface area contributed by atoms with E-state index in [1.807, 2.05) is 24.3 Å². The SMILES string of the molecule is CC#C[C@@H](CC(=O)O)c1ccc(OCc2ccc(CN3CCC(c4ccccc4)CC3)cc2)cc1.S. The molecule has 0 saturated carbocycles. The minimum Gasteiger partial charge on any atom is -0.489 e. The van der Waals surface area contributed by atoms with Crippen molar-refractivity contribution in [2.45, 2.75) is 51.2 Å². The Labute approximate surface area is 221 Å². The number of ether oxygens (including phenoxy) is 1. The van der Waals surface area contributed by atoms with Crippen molar-refractivity contribution < 1.29 is 14.6 Å². The van der Waals surface area contributed by atoms with E-state index >= 15 is 0 Å². The Kier molecular flexibility index (Phi) is 10.5. The normalized spacial score (nSPS) is 14.7. The van der Waals surface area contributed by atoms with E-state index in [9.17, 15) is 4.79 Å². The zero-order valence-electron chi connectivity index (χ0n) is 20.8. The third-order valence-corrected chi connectivity index (χ3v) is 6.67. The highest BCUT2D eigenvalue weighted by molar-refractivity contribution is 7.59. The second-order valence-corrected chi connectivity index (χ2v) is 9.18. The van der Waals surface area contributed by atoms with Crippen molar-refractivity contribution in [3.63, 3.8) is 0 Å². The molecule has 0 spiro atoms. The lowest BCUT2D eigenvalue weighted by molar-refractivity contribution is -0.137. The first-order chi connectivity index (χ1) is 17.1. The molecule has 4 nitrogen and oxygen atoms in total. The Hall–Kier alpha value is -3.20. The zero-order valence-corrected chi connectivity index (χ0v) is 21.8. The first-order valence-corrected chi connectivity index (χ1v) is 12.3. The minimum absolute atomic E-state index is 0. The number of piperidine rings is 1. The molecule has 3 aromatic carbocycles. The number of nitrogens with zero attached hydrogens (tertiary/aromatic N) is 1. The summed E-state index contributed by atoms with van der Waals surface area (Å²) in [6.45, 7) is 5.48. The van der Waals surface area contributed by atoms with Crippen molar-refractivity contribution in [3.8, 4) is 17.6 Å². The van der Waals surface area contributed by atoms with E-state index in [1.54, 1.807) is 6.92 Å². The number of benzene rings is 3. The number of hydrogen-bond acceptors (Lipinski definition) is 3. The molecule has 4 rings (SSSR count). The summed E-state index contributed by atoms with van der Waals surface area (Å²) in [6, 6.07) is 27.1. The molecule has 3 aromatic rings. The molecule has 0 aliphatic carbocycles. The fourth-order valence-corrected chi connectivity index (χ4v) is 4.71. The first kappa shape index (κ1) is 27.4. The molecule has 0 bridgehead atoms. The molecule has 36 heavy (non-hydrogen) atoms. The summed E-state index contributed by atoms with van der Waals surface area (Å²) in [5, 5.41) is 9.11. The molecule has 1 aliphatic heterocycles. The van der Waals surface area contributed by atoms with Crippen LogP contribution in [0.3, 0.4) is 0 Å². The Morgan fingerprint density at radius 2 is 1.61 bits per heavy atom. The summed E-state index contributed by atoms with van der Waals surface area (Å²) >= 11 is 0. The molecule has 188 valence electrons. The van der Waals surface area contributed by atoms with Gasteiger partial charge in [-0.15, -0.1) is 5.92 Å². The predicted molar refractivity (Wildman–Crippen MR) is 150 cm³/mol. The Morgan fingerprint density at radius 3 is 2.22 bits per heavy atom. The van der Waals surface area contributed by atoms with Crippen LogP contribution in [0.1, 0.15) is 60.3 Å². The van der Waals surface area contributed by atoms with Crippen LogP contribution in [-0.2, 0) is 17.9 Å². The number of carboxylic acids is 1. The molecule has 1 aliphatic rings. The van der Waals surface area contributed by atoms with Crippen molar-refractivity contribution in [3.05, 3.63) is 101 Å². The van der Waals surface area contributed by atoms with Crippen LogP contribution in [0.5, 0.6) is 5.75 Å². The van der Waals surface area contributed by atoms with Gasteiger partial charge in [-0.25, -0.2) is 0 Å². The molecule has 1 fully saturated rings. The molecule has 1 saturated heterocycles. The summed E-state index contributed by atoms with van der Waals surface area (Å²) in [5.74, 6) is 6.09. The van der Waals surface area contributed by atoms with Crippen molar-refractivity contribution in [2.24, 2.45) is 0 Å². The molecule has 5 heteroatoms. The Bertz CT molecular complexity index is 1140. The van der Waals surface area contributed by atoms with Gasteiger partial charge >= 0.3 is 5.97 Å². The van der Waals surface area contributed by atoms with Gasteiger partial charge in [0.1, 0.15) is 12.4 Å². The average molecular weight is 502 g/mol. The Morgan fingerprint density at radius 1 is 0.972 bits per heavy atom. The minimum atomic E-state index is -0.849. The van der Waals surface area contributed by atoms with Crippen molar-refractivity contribution >= 4 is 19.5 Å². The lowest BCUT2D eigenvalue weighted by atomic mass is 9.89. The maximum atomic E-state index is 11.1. The summed E-state index contributed by atoms with van der Waals surface area (Å²) in [6.07, 6.45) is 2.44. The van der Waals surface area contributed by atoms with Crippen LogP contribution < -0.4 is 4.74 Å². The third-order valence-electron chi connectivity index (χ3n) is 6.67. The highest BCUT2D eigenvalue weighted by atomic mass is 32.1. The highest BCUT2D eigenvalue weighted by Gasteiger charge is 2.20. The first-order valence-electron chi connectivity index (χ1n) is 12.3. The van der Waals surface area contributed by atoms with Gasteiger partial charge in [0.15, 0.2) is 0 Å². The van der Waals surface area contributed by atoms with E-state index < -0.39 is 5.97 Å². The lowest BCUT2D eigenvalue weighted by Crippen LogP contribution is -2.32. The molecular weight excluding hydrogens is 466 g/mol. The van der Waals surface area contributed by atoms with E-state index in [1.165, 1.54) is 24.0 Å². The number of aliphatic carboxylic acids is 1. The van der Waals surface area contributed by atoms with Crippen molar-refractivity contribution in [1.29, 1.82) is 0 Å². The van der Waals surface area contributed by atoms with Crippen LogP contribution in [0.4, 0.5) is 0 Å². The van der Waals surface area contributed by atoms with Gasteiger partial charge in [-0.3, -0.25) is 9.69 Å². The molecule has 1 heterocycles. The number of likely N-dealkylation sites (tertiary alicyclic amines) is 1. The van der Waals surface area contributed by atoms with Crippen LogP contribution in [0.2, 0.25) is 0 Å².